The van der Waals surface area contributed by atoms with Crippen LogP contribution in [0, 0.1) is 6.92 Å². The van der Waals surface area contributed by atoms with Gasteiger partial charge in [0, 0.05) is 22.5 Å². The van der Waals surface area contributed by atoms with E-state index in [2.05, 4.69) is 32.4 Å². The van der Waals surface area contributed by atoms with Crippen molar-refractivity contribution < 1.29 is 4.42 Å². The minimum Gasteiger partial charge on any atom is -0.460 e. The summed E-state index contributed by atoms with van der Waals surface area (Å²) < 4.78 is 8.54. The van der Waals surface area contributed by atoms with E-state index in [4.69, 9.17) is 9.52 Å². The fraction of sp³-hybridized carbons (Fsp3) is 0.176. The van der Waals surface area contributed by atoms with Crippen molar-refractivity contribution >= 4 is 33.0 Å². The summed E-state index contributed by atoms with van der Waals surface area (Å²) in [5.41, 5.74) is 2.87. The Labute approximate surface area is 146 Å². The minimum atomic E-state index is 0.765. The van der Waals surface area contributed by atoms with E-state index in [0.29, 0.717) is 0 Å². The molecule has 0 aliphatic carbocycles. The van der Waals surface area contributed by atoms with Crippen molar-refractivity contribution in [3.63, 3.8) is 0 Å². The van der Waals surface area contributed by atoms with Gasteiger partial charge in [-0.1, -0.05) is 34.1 Å². The van der Waals surface area contributed by atoms with Crippen molar-refractivity contribution in [2.75, 3.05) is 7.05 Å². The van der Waals surface area contributed by atoms with Crippen LogP contribution in [0.2, 0.25) is 0 Å². The van der Waals surface area contributed by atoms with E-state index in [0.717, 1.165) is 37.8 Å². The maximum absolute atomic E-state index is 5.66. The molecule has 0 unspecified atom stereocenters. The van der Waals surface area contributed by atoms with Crippen LogP contribution >= 0.6 is 27.3 Å². The first-order chi connectivity index (χ1) is 11.1. The number of hydrogen-bond acceptors (Lipinski definition) is 4. The van der Waals surface area contributed by atoms with Crippen molar-refractivity contribution in [3.05, 3.63) is 62.6 Å². The highest BCUT2D eigenvalue weighted by atomic mass is 79.9. The number of furan rings is 1. The Hall–Kier alpha value is -1.92. The first-order valence-electron chi connectivity index (χ1n) is 7.11. The van der Waals surface area contributed by atoms with Crippen LogP contribution in [-0.2, 0) is 0 Å². The van der Waals surface area contributed by atoms with Crippen LogP contribution in [0.25, 0.3) is 11.3 Å². The van der Waals surface area contributed by atoms with Gasteiger partial charge in [0.1, 0.15) is 17.2 Å². The van der Waals surface area contributed by atoms with Crippen molar-refractivity contribution in [2.45, 2.75) is 13.8 Å². The second-order valence-corrected chi connectivity index (χ2v) is 6.71. The smallest absolute Gasteiger partial charge is 0.205 e. The average Bonchev–Trinajstić information content (AvgIpc) is 3.14. The van der Waals surface area contributed by atoms with Crippen LogP contribution < -0.4 is 4.80 Å². The molecule has 0 atom stereocenters. The number of rotatable bonds is 3. The lowest BCUT2D eigenvalue weighted by Crippen LogP contribution is -2.13. The Balaban J connectivity index is 2.16. The highest BCUT2D eigenvalue weighted by molar-refractivity contribution is 9.10. The van der Waals surface area contributed by atoms with E-state index in [1.54, 1.807) is 18.4 Å². The SMILES string of the molecule is CN=c1scc(-c2ccccc2Br)n1N=C(C)c1ccc(C)o1. The third-order valence-electron chi connectivity index (χ3n) is 3.37. The van der Waals surface area contributed by atoms with Gasteiger partial charge in [-0.25, -0.2) is 4.68 Å². The maximum Gasteiger partial charge on any atom is 0.205 e. The molecule has 0 aliphatic heterocycles. The average molecular weight is 390 g/mol. The van der Waals surface area contributed by atoms with Gasteiger partial charge in [-0.3, -0.25) is 4.99 Å². The molecule has 0 saturated carbocycles. The van der Waals surface area contributed by atoms with E-state index >= 15 is 0 Å². The third kappa shape index (κ3) is 3.23. The number of hydrogen-bond donors (Lipinski definition) is 0. The molecule has 2 heterocycles. The number of nitrogens with zero attached hydrogens (tertiary/aromatic N) is 3. The van der Waals surface area contributed by atoms with E-state index < -0.39 is 0 Å². The fourth-order valence-electron chi connectivity index (χ4n) is 2.23. The van der Waals surface area contributed by atoms with Crippen LogP contribution in [0.3, 0.4) is 0 Å². The summed E-state index contributed by atoms with van der Waals surface area (Å²) in [5.74, 6) is 1.64. The quantitative estimate of drug-likeness (QED) is 0.599. The molecule has 0 amide bonds. The fourth-order valence-corrected chi connectivity index (χ4v) is 3.51. The van der Waals surface area contributed by atoms with Gasteiger partial charge in [-0.15, -0.1) is 11.3 Å². The summed E-state index contributed by atoms with van der Waals surface area (Å²) in [6.07, 6.45) is 0. The van der Waals surface area contributed by atoms with Gasteiger partial charge in [0.2, 0.25) is 4.80 Å². The Morgan fingerprint density at radius 3 is 2.65 bits per heavy atom. The van der Waals surface area contributed by atoms with E-state index in [-0.39, 0.29) is 0 Å². The summed E-state index contributed by atoms with van der Waals surface area (Å²) in [6.45, 7) is 3.86. The lowest BCUT2D eigenvalue weighted by atomic mass is 10.2. The molecule has 1 aromatic carbocycles. The molecule has 118 valence electrons. The number of thiazole rings is 1. The number of halogens is 1. The molecule has 0 saturated heterocycles. The molecule has 0 spiro atoms. The zero-order valence-corrected chi connectivity index (χ0v) is 15.5. The monoisotopic (exact) mass is 389 g/mol. The standard InChI is InChI=1S/C17H16BrN3OS/c1-11-8-9-16(22-11)12(2)20-21-15(10-23-17(21)19-3)13-6-4-5-7-14(13)18/h4-10H,1-3H3. The normalized spacial score (nSPS) is 12.9. The largest absolute Gasteiger partial charge is 0.460 e. The second-order valence-electron chi connectivity index (χ2n) is 5.01. The minimum absolute atomic E-state index is 0.765. The molecule has 6 heteroatoms. The van der Waals surface area contributed by atoms with Crippen LogP contribution in [0.1, 0.15) is 18.4 Å². The Morgan fingerprint density at radius 2 is 2.00 bits per heavy atom. The van der Waals surface area contributed by atoms with Crippen molar-refractivity contribution in [2.24, 2.45) is 10.1 Å². The summed E-state index contributed by atoms with van der Waals surface area (Å²) in [6, 6.07) is 12.0. The molecule has 2 aromatic heterocycles. The summed E-state index contributed by atoms with van der Waals surface area (Å²) in [7, 11) is 1.77. The highest BCUT2D eigenvalue weighted by Gasteiger charge is 2.11. The van der Waals surface area contributed by atoms with Gasteiger partial charge in [-0.2, -0.15) is 5.10 Å². The van der Waals surface area contributed by atoms with E-state index in [1.165, 1.54) is 0 Å². The lowest BCUT2D eigenvalue weighted by molar-refractivity contribution is 0.524. The maximum atomic E-state index is 5.66. The summed E-state index contributed by atoms with van der Waals surface area (Å²) >= 11 is 5.17. The molecule has 0 fully saturated rings. The third-order valence-corrected chi connectivity index (χ3v) is 4.97. The second kappa shape index (κ2) is 6.68. The van der Waals surface area contributed by atoms with Crippen molar-refractivity contribution in [3.8, 4) is 11.3 Å². The Bertz CT molecular complexity index is 933. The topological polar surface area (TPSA) is 42.8 Å². The molecule has 4 nitrogen and oxygen atoms in total. The Kier molecular flexibility index (Phi) is 4.63. The van der Waals surface area contributed by atoms with Gasteiger partial charge >= 0.3 is 0 Å². The number of aromatic nitrogens is 1. The molecule has 3 rings (SSSR count). The molecule has 0 aliphatic rings. The van der Waals surface area contributed by atoms with E-state index in [1.807, 2.05) is 48.9 Å². The molecule has 0 radical (unpaired) electrons. The number of aryl methyl sites for hydroxylation is 1. The van der Waals surface area contributed by atoms with Gasteiger partial charge in [0.05, 0.1) is 5.69 Å². The predicted molar refractivity (Wildman–Crippen MR) is 98.0 cm³/mol. The highest BCUT2D eigenvalue weighted by Crippen LogP contribution is 2.28. The molecular formula is C17H16BrN3OS. The van der Waals surface area contributed by atoms with E-state index in [9.17, 15) is 0 Å². The van der Waals surface area contributed by atoms with Crippen LogP contribution in [-0.4, -0.2) is 17.4 Å². The van der Waals surface area contributed by atoms with Crippen LogP contribution in [0.5, 0.6) is 0 Å². The van der Waals surface area contributed by atoms with Crippen LogP contribution in [0.4, 0.5) is 0 Å². The molecule has 23 heavy (non-hydrogen) atoms. The summed E-state index contributed by atoms with van der Waals surface area (Å²) in [5, 5.41) is 6.79. The molecule has 0 N–H and O–H groups in total. The zero-order valence-electron chi connectivity index (χ0n) is 13.1. The van der Waals surface area contributed by atoms with Gasteiger partial charge < -0.3 is 4.42 Å². The summed E-state index contributed by atoms with van der Waals surface area (Å²) in [4.78, 5) is 5.16. The molecule has 0 bridgehead atoms. The molecule has 3 aromatic rings. The first-order valence-corrected chi connectivity index (χ1v) is 8.78. The molecular weight excluding hydrogens is 374 g/mol. The van der Waals surface area contributed by atoms with Crippen molar-refractivity contribution in [1.82, 2.24) is 4.68 Å². The Morgan fingerprint density at radius 1 is 1.22 bits per heavy atom. The number of benzene rings is 1. The van der Waals surface area contributed by atoms with Gasteiger partial charge in [0.15, 0.2) is 0 Å². The first kappa shape index (κ1) is 16.0. The zero-order chi connectivity index (χ0) is 16.4. The van der Waals surface area contributed by atoms with Gasteiger partial charge in [-0.05, 0) is 32.0 Å². The predicted octanol–water partition coefficient (Wildman–Crippen LogP) is 4.68. The lowest BCUT2D eigenvalue weighted by Gasteiger charge is -2.06. The van der Waals surface area contributed by atoms with Crippen molar-refractivity contribution in [1.29, 1.82) is 0 Å². The van der Waals surface area contributed by atoms with Crippen LogP contribution in [0.15, 0.2) is 60.8 Å². The van der Waals surface area contributed by atoms with Gasteiger partial charge in [0.25, 0.3) is 0 Å².